The third-order valence-corrected chi connectivity index (χ3v) is 2.96. The molecule has 80 valence electrons. The highest BCUT2D eigenvalue weighted by Gasteiger charge is 2.06. The van der Waals surface area contributed by atoms with Crippen LogP contribution in [0, 0.1) is 6.92 Å². The molecule has 3 nitrogen and oxygen atoms in total. The highest BCUT2D eigenvalue weighted by molar-refractivity contribution is 9.10. The zero-order valence-corrected chi connectivity index (χ0v) is 10.3. The smallest absolute Gasteiger partial charge is 0.0686 e. The molecule has 15 heavy (non-hydrogen) atoms. The Kier molecular flexibility index (Phi) is 3.07. The molecule has 2 aromatic rings. The second kappa shape index (κ2) is 4.33. The van der Waals surface area contributed by atoms with Gasteiger partial charge in [0.25, 0.3) is 0 Å². The maximum Gasteiger partial charge on any atom is 0.0686 e. The van der Waals surface area contributed by atoms with E-state index >= 15 is 0 Å². The molecule has 0 aliphatic rings. The quantitative estimate of drug-likeness (QED) is 0.929. The molecular formula is C11H14BrN3. The van der Waals surface area contributed by atoms with Crippen molar-refractivity contribution in [3.8, 4) is 0 Å². The molecule has 1 aromatic heterocycles. The topological polar surface area (TPSA) is 43.8 Å². The minimum absolute atomic E-state index is 0.705. The van der Waals surface area contributed by atoms with Gasteiger partial charge in [-0.15, -0.1) is 0 Å². The van der Waals surface area contributed by atoms with E-state index in [2.05, 4.69) is 33.2 Å². The summed E-state index contributed by atoms with van der Waals surface area (Å²) in [5, 5.41) is 5.72. The fraction of sp³-hybridized carbons (Fsp3) is 0.364. The van der Waals surface area contributed by atoms with Gasteiger partial charge in [-0.2, -0.15) is 5.10 Å². The van der Waals surface area contributed by atoms with Crippen LogP contribution in [0.1, 0.15) is 12.1 Å². The Bertz CT molecular complexity index is 476. The number of hydrogen-bond donors (Lipinski definition) is 1. The van der Waals surface area contributed by atoms with Gasteiger partial charge >= 0.3 is 0 Å². The van der Waals surface area contributed by atoms with Crippen molar-refractivity contribution in [2.75, 3.05) is 6.54 Å². The highest BCUT2D eigenvalue weighted by atomic mass is 79.9. The van der Waals surface area contributed by atoms with Crippen molar-refractivity contribution in [3.63, 3.8) is 0 Å². The van der Waals surface area contributed by atoms with Crippen LogP contribution in [0.3, 0.4) is 0 Å². The predicted molar refractivity (Wildman–Crippen MR) is 65.8 cm³/mol. The molecular weight excluding hydrogens is 254 g/mol. The molecule has 0 aliphatic heterocycles. The highest BCUT2D eigenvalue weighted by Crippen LogP contribution is 2.22. The first-order chi connectivity index (χ1) is 7.22. The van der Waals surface area contributed by atoms with Crippen LogP contribution >= 0.6 is 15.9 Å². The number of aromatic nitrogens is 2. The average molecular weight is 268 g/mol. The lowest BCUT2D eigenvalue weighted by Crippen LogP contribution is -2.06. The molecule has 0 spiro atoms. The van der Waals surface area contributed by atoms with Crippen molar-refractivity contribution < 1.29 is 0 Å². The Morgan fingerprint density at radius 2 is 2.27 bits per heavy atom. The third-order valence-electron chi connectivity index (χ3n) is 2.47. The summed E-state index contributed by atoms with van der Waals surface area (Å²) in [4.78, 5) is 0. The summed E-state index contributed by atoms with van der Waals surface area (Å²) in [6.45, 7) is 3.63. The van der Waals surface area contributed by atoms with Gasteiger partial charge in [-0.25, -0.2) is 0 Å². The summed E-state index contributed by atoms with van der Waals surface area (Å²) in [6, 6.07) is 6.24. The van der Waals surface area contributed by atoms with E-state index in [-0.39, 0.29) is 0 Å². The molecule has 0 saturated heterocycles. The maximum atomic E-state index is 5.50. The lowest BCUT2D eigenvalue weighted by atomic mass is 10.2. The monoisotopic (exact) mass is 267 g/mol. The second-order valence-electron chi connectivity index (χ2n) is 3.61. The largest absolute Gasteiger partial charge is 0.330 e. The lowest BCUT2D eigenvalue weighted by molar-refractivity contribution is 0.598. The molecule has 0 aliphatic carbocycles. The zero-order chi connectivity index (χ0) is 10.8. The van der Waals surface area contributed by atoms with Crippen molar-refractivity contribution in [1.82, 2.24) is 9.78 Å². The van der Waals surface area contributed by atoms with Crippen LogP contribution in [0.4, 0.5) is 0 Å². The van der Waals surface area contributed by atoms with E-state index in [0.717, 1.165) is 23.1 Å². The number of fused-ring (bicyclic) bond motifs is 1. The fourth-order valence-corrected chi connectivity index (χ4v) is 2.08. The van der Waals surface area contributed by atoms with E-state index in [1.807, 2.05) is 17.7 Å². The molecule has 0 amide bonds. The molecule has 2 N–H and O–H groups in total. The van der Waals surface area contributed by atoms with Gasteiger partial charge < -0.3 is 5.73 Å². The van der Waals surface area contributed by atoms with E-state index in [1.165, 1.54) is 10.9 Å². The van der Waals surface area contributed by atoms with E-state index in [0.29, 0.717) is 6.54 Å². The van der Waals surface area contributed by atoms with E-state index in [1.54, 1.807) is 0 Å². The number of nitrogens with zero attached hydrogens (tertiary/aromatic N) is 2. The number of nitrogens with two attached hydrogens (primary N) is 1. The molecule has 2 rings (SSSR count). The van der Waals surface area contributed by atoms with Crippen molar-refractivity contribution in [2.45, 2.75) is 19.9 Å². The molecule has 0 unspecified atom stereocenters. The molecule has 1 aromatic carbocycles. The van der Waals surface area contributed by atoms with Crippen LogP contribution in [0.25, 0.3) is 10.9 Å². The van der Waals surface area contributed by atoms with Crippen molar-refractivity contribution in [3.05, 3.63) is 28.4 Å². The van der Waals surface area contributed by atoms with E-state index in [9.17, 15) is 0 Å². The fourth-order valence-electron chi connectivity index (χ4n) is 1.72. The molecule has 0 radical (unpaired) electrons. The predicted octanol–water partition coefficient (Wildman–Crippen LogP) is 2.46. The Hall–Kier alpha value is -0.870. The number of rotatable bonds is 3. The lowest BCUT2D eigenvalue weighted by Gasteiger charge is -2.01. The van der Waals surface area contributed by atoms with Crippen molar-refractivity contribution >= 4 is 26.8 Å². The van der Waals surface area contributed by atoms with Gasteiger partial charge in [0.2, 0.25) is 0 Å². The minimum atomic E-state index is 0.705. The van der Waals surface area contributed by atoms with Crippen LogP contribution in [-0.2, 0) is 6.54 Å². The van der Waals surface area contributed by atoms with Gasteiger partial charge in [-0.1, -0.05) is 15.9 Å². The summed E-state index contributed by atoms with van der Waals surface area (Å²) in [5.41, 5.74) is 7.76. The Labute approximate surface area is 97.4 Å². The van der Waals surface area contributed by atoms with Crippen LogP contribution in [0.15, 0.2) is 22.7 Å². The molecule has 4 heteroatoms. The Morgan fingerprint density at radius 1 is 1.47 bits per heavy atom. The number of aryl methyl sites for hydroxylation is 2. The number of benzene rings is 1. The van der Waals surface area contributed by atoms with Gasteiger partial charge in [0.15, 0.2) is 0 Å². The van der Waals surface area contributed by atoms with Gasteiger partial charge in [0.05, 0.1) is 11.2 Å². The zero-order valence-electron chi connectivity index (χ0n) is 8.70. The number of hydrogen-bond acceptors (Lipinski definition) is 2. The second-order valence-corrected chi connectivity index (χ2v) is 4.53. The van der Waals surface area contributed by atoms with Crippen LogP contribution < -0.4 is 5.73 Å². The summed E-state index contributed by atoms with van der Waals surface area (Å²) in [6.07, 6.45) is 0.965. The molecule has 0 fully saturated rings. The standard InChI is InChI=1S/C11H14BrN3/c1-8-10-7-9(12)3-4-11(10)15(14-8)6-2-5-13/h3-4,7H,2,5-6,13H2,1H3. The minimum Gasteiger partial charge on any atom is -0.330 e. The van der Waals surface area contributed by atoms with E-state index in [4.69, 9.17) is 5.73 Å². The molecule has 0 saturated carbocycles. The van der Waals surface area contributed by atoms with Gasteiger partial charge in [0.1, 0.15) is 0 Å². The summed E-state index contributed by atoms with van der Waals surface area (Å²) < 4.78 is 3.13. The first-order valence-corrected chi connectivity index (χ1v) is 5.84. The van der Waals surface area contributed by atoms with Crippen LogP contribution in [0.5, 0.6) is 0 Å². The molecule has 0 atom stereocenters. The number of halogens is 1. The van der Waals surface area contributed by atoms with Crippen LogP contribution in [-0.4, -0.2) is 16.3 Å². The summed E-state index contributed by atoms with van der Waals surface area (Å²) >= 11 is 3.47. The Balaban J connectivity index is 2.48. The van der Waals surface area contributed by atoms with E-state index < -0.39 is 0 Å². The van der Waals surface area contributed by atoms with Gasteiger partial charge in [-0.05, 0) is 38.1 Å². The SMILES string of the molecule is Cc1nn(CCCN)c2ccc(Br)cc12. The van der Waals surface area contributed by atoms with Gasteiger partial charge in [-0.3, -0.25) is 4.68 Å². The first-order valence-electron chi connectivity index (χ1n) is 5.05. The first kappa shape index (κ1) is 10.6. The summed E-state index contributed by atoms with van der Waals surface area (Å²) in [5.74, 6) is 0. The summed E-state index contributed by atoms with van der Waals surface area (Å²) in [7, 11) is 0. The van der Waals surface area contributed by atoms with Gasteiger partial charge in [0, 0.05) is 16.4 Å². The van der Waals surface area contributed by atoms with Crippen molar-refractivity contribution in [1.29, 1.82) is 0 Å². The molecule has 1 heterocycles. The normalized spacial score (nSPS) is 11.1. The van der Waals surface area contributed by atoms with Crippen LogP contribution in [0.2, 0.25) is 0 Å². The van der Waals surface area contributed by atoms with Crippen molar-refractivity contribution in [2.24, 2.45) is 5.73 Å². The third kappa shape index (κ3) is 2.06. The Morgan fingerprint density at radius 3 is 3.00 bits per heavy atom. The maximum absolute atomic E-state index is 5.50. The average Bonchev–Trinajstić information content (AvgIpc) is 2.53. The molecule has 0 bridgehead atoms.